The number of thioether (sulfide) groups is 1. The summed E-state index contributed by atoms with van der Waals surface area (Å²) in [7, 11) is 0. The second kappa shape index (κ2) is 12.5. The molecule has 0 unspecified atom stereocenters. The van der Waals surface area contributed by atoms with Gasteiger partial charge < -0.3 is 0 Å². The van der Waals surface area contributed by atoms with Gasteiger partial charge in [0.15, 0.2) is 10.2 Å². The summed E-state index contributed by atoms with van der Waals surface area (Å²) in [4.78, 5) is 21.9. The number of hydrogen-bond donors (Lipinski definition) is 1. The van der Waals surface area contributed by atoms with Crippen molar-refractivity contribution in [2.24, 2.45) is 0 Å². The van der Waals surface area contributed by atoms with Crippen LogP contribution >= 0.6 is 24.4 Å². The monoisotopic (exact) mass is 276 g/mol. The highest BCUT2D eigenvalue weighted by Crippen LogP contribution is 2.13. The van der Waals surface area contributed by atoms with Crippen LogP contribution in [0.4, 0.5) is 0 Å². The number of unbranched alkanes of at least 4 members (excludes halogenated alkanes) is 5. The number of rotatable bonds is 11. The normalized spacial score (nSPS) is 10.5. The number of carbonyl (C=O) groups excluding carboxylic acids is 2. The van der Waals surface area contributed by atoms with Crippen LogP contribution < -0.4 is 0 Å². The molecule has 0 fully saturated rings. The zero-order valence-corrected chi connectivity index (χ0v) is 12.5. The molecule has 0 spiro atoms. The van der Waals surface area contributed by atoms with Crippen molar-refractivity contribution in [2.75, 3.05) is 5.75 Å². The summed E-state index contributed by atoms with van der Waals surface area (Å²) in [6.45, 7) is 2.21. The number of carbonyl (C=O) groups is 2. The number of hydrogen-bond acceptors (Lipinski definition) is 3. The van der Waals surface area contributed by atoms with Gasteiger partial charge in [-0.1, -0.05) is 50.8 Å². The van der Waals surface area contributed by atoms with Crippen LogP contribution in [0.3, 0.4) is 0 Å². The Morgan fingerprint density at radius 1 is 0.941 bits per heavy atom. The standard InChI is InChI=1S/C13H24O2S2/c1-2-3-4-5-6-7-11-17-13(15)10-8-9-12(14)16/h2-11H2,1H3,(H,14,16). The van der Waals surface area contributed by atoms with E-state index in [1.165, 1.54) is 43.9 Å². The lowest BCUT2D eigenvalue weighted by molar-refractivity contribution is -0.112. The molecular formula is C13H24O2S2. The summed E-state index contributed by atoms with van der Waals surface area (Å²) in [6, 6.07) is 0. The van der Waals surface area contributed by atoms with Gasteiger partial charge in [0, 0.05) is 18.6 Å². The first-order valence-electron chi connectivity index (χ1n) is 6.54. The fraction of sp³-hybridized carbons (Fsp3) is 0.846. The summed E-state index contributed by atoms with van der Waals surface area (Å²) in [5, 5.41) is 0.0897. The summed E-state index contributed by atoms with van der Waals surface area (Å²) in [6.07, 6.45) is 9.13. The van der Waals surface area contributed by atoms with Gasteiger partial charge >= 0.3 is 0 Å². The van der Waals surface area contributed by atoms with E-state index in [2.05, 4.69) is 19.6 Å². The molecule has 0 aliphatic carbocycles. The Kier molecular flexibility index (Phi) is 12.5. The summed E-state index contributed by atoms with van der Waals surface area (Å²) < 4.78 is 0. The van der Waals surface area contributed by atoms with Crippen LogP contribution in [0.2, 0.25) is 0 Å². The fourth-order valence-electron chi connectivity index (χ4n) is 1.52. The van der Waals surface area contributed by atoms with E-state index in [1.54, 1.807) is 0 Å². The fourth-order valence-corrected chi connectivity index (χ4v) is 2.55. The molecule has 17 heavy (non-hydrogen) atoms. The minimum absolute atomic E-state index is 0.126. The maximum Gasteiger partial charge on any atom is 0.188 e. The van der Waals surface area contributed by atoms with E-state index in [9.17, 15) is 9.59 Å². The molecule has 2 nitrogen and oxygen atoms in total. The third-order valence-corrected chi connectivity index (χ3v) is 3.77. The van der Waals surface area contributed by atoms with Crippen LogP contribution in [-0.2, 0) is 9.59 Å². The van der Waals surface area contributed by atoms with Crippen molar-refractivity contribution in [3.8, 4) is 0 Å². The second-order valence-electron chi connectivity index (χ2n) is 4.24. The first-order chi connectivity index (χ1) is 8.16. The maximum absolute atomic E-state index is 11.4. The van der Waals surface area contributed by atoms with Crippen LogP contribution in [-0.4, -0.2) is 16.0 Å². The van der Waals surface area contributed by atoms with Gasteiger partial charge in [-0.2, -0.15) is 0 Å². The maximum atomic E-state index is 11.4. The summed E-state index contributed by atoms with van der Waals surface area (Å²) in [5.41, 5.74) is 0. The zero-order valence-electron chi connectivity index (χ0n) is 10.7. The lowest BCUT2D eigenvalue weighted by atomic mass is 10.1. The van der Waals surface area contributed by atoms with E-state index < -0.39 is 0 Å². The molecule has 0 bridgehead atoms. The highest BCUT2D eigenvalue weighted by atomic mass is 32.2. The van der Waals surface area contributed by atoms with Crippen LogP contribution in [0.15, 0.2) is 0 Å². The minimum Gasteiger partial charge on any atom is -0.288 e. The highest BCUT2D eigenvalue weighted by molar-refractivity contribution is 8.13. The Morgan fingerprint density at radius 3 is 2.24 bits per heavy atom. The first-order valence-corrected chi connectivity index (χ1v) is 7.97. The average Bonchev–Trinajstić information content (AvgIpc) is 2.27. The van der Waals surface area contributed by atoms with Crippen LogP contribution in [0.25, 0.3) is 0 Å². The van der Waals surface area contributed by atoms with E-state index in [0.717, 1.165) is 12.2 Å². The zero-order chi connectivity index (χ0) is 12.9. The van der Waals surface area contributed by atoms with Gasteiger partial charge in [0.25, 0.3) is 0 Å². The summed E-state index contributed by atoms with van der Waals surface area (Å²) >= 11 is 5.09. The van der Waals surface area contributed by atoms with Gasteiger partial charge in [0.2, 0.25) is 0 Å². The Bertz CT molecular complexity index is 217. The molecule has 0 saturated heterocycles. The van der Waals surface area contributed by atoms with E-state index in [4.69, 9.17) is 0 Å². The van der Waals surface area contributed by atoms with Gasteiger partial charge in [-0.25, -0.2) is 0 Å². The van der Waals surface area contributed by atoms with Crippen LogP contribution in [0, 0.1) is 0 Å². The molecule has 100 valence electrons. The van der Waals surface area contributed by atoms with Gasteiger partial charge in [-0.05, 0) is 12.8 Å². The first kappa shape index (κ1) is 17.0. The molecule has 0 aromatic carbocycles. The molecule has 0 heterocycles. The molecule has 0 aromatic heterocycles. The largest absolute Gasteiger partial charge is 0.288 e. The van der Waals surface area contributed by atoms with Gasteiger partial charge in [-0.15, -0.1) is 12.6 Å². The average molecular weight is 276 g/mol. The molecule has 0 aliphatic heterocycles. The third-order valence-electron chi connectivity index (χ3n) is 2.53. The van der Waals surface area contributed by atoms with E-state index >= 15 is 0 Å². The van der Waals surface area contributed by atoms with Gasteiger partial charge in [0.05, 0.1) is 0 Å². The van der Waals surface area contributed by atoms with Crippen molar-refractivity contribution < 1.29 is 9.59 Å². The molecule has 4 heteroatoms. The van der Waals surface area contributed by atoms with Crippen molar-refractivity contribution in [2.45, 2.75) is 64.7 Å². The predicted molar refractivity (Wildman–Crippen MR) is 78.7 cm³/mol. The SMILES string of the molecule is CCCCCCCCSC(=O)CCCC(=O)S. The topological polar surface area (TPSA) is 34.1 Å². The number of thiol groups is 1. The molecule has 0 aromatic rings. The lowest BCUT2D eigenvalue weighted by Gasteiger charge is -2.01. The van der Waals surface area contributed by atoms with Crippen molar-refractivity contribution >= 4 is 34.6 Å². The highest BCUT2D eigenvalue weighted by Gasteiger charge is 2.03. The minimum atomic E-state index is -0.126. The van der Waals surface area contributed by atoms with Crippen molar-refractivity contribution in [3.63, 3.8) is 0 Å². The molecular weight excluding hydrogens is 252 g/mol. The second-order valence-corrected chi connectivity index (χ2v) is 5.89. The molecule has 0 aliphatic rings. The van der Waals surface area contributed by atoms with Crippen LogP contribution in [0.1, 0.15) is 64.7 Å². The molecule has 0 saturated carbocycles. The smallest absolute Gasteiger partial charge is 0.188 e. The Labute approximate surface area is 115 Å². The van der Waals surface area contributed by atoms with Gasteiger partial charge in [-0.3, -0.25) is 9.59 Å². The summed E-state index contributed by atoms with van der Waals surface area (Å²) in [5.74, 6) is 0.930. The molecule has 0 atom stereocenters. The predicted octanol–water partition coefficient (Wildman–Crippen LogP) is 4.23. The van der Waals surface area contributed by atoms with Crippen molar-refractivity contribution in [1.82, 2.24) is 0 Å². The quantitative estimate of drug-likeness (QED) is 0.453. The van der Waals surface area contributed by atoms with E-state index in [-0.39, 0.29) is 10.2 Å². The molecule has 0 N–H and O–H groups in total. The molecule has 0 radical (unpaired) electrons. The lowest BCUT2D eigenvalue weighted by Crippen LogP contribution is -1.96. The van der Waals surface area contributed by atoms with Crippen molar-refractivity contribution in [3.05, 3.63) is 0 Å². The van der Waals surface area contributed by atoms with Crippen molar-refractivity contribution in [1.29, 1.82) is 0 Å². The Morgan fingerprint density at radius 2 is 1.59 bits per heavy atom. The van der Waals surface area contributed by atoms with E-state index in [1.807, 2.05) is 0 Å². The Balaban J connectivity index is 3.19. The molecule has 0 amide bonds. The van der Waals surface area contributed by atoms with E-state index in [0.29, 0.717) is 19.3 Å². The Hall–Kier alpha value is 0.0400. The third kappa shape index (κ3) is 14.0. The van der Waals surface area contributed by atoms with Gasteiger partial charge in [0.1, 0.15) is 0 Å². The van der Waals surface area contributed by atoms with Crippen LogP contribution in [0.5, 0.6) is 0 Å². The molecule has 0 rings (SSSR count).